The van der Waals surface area contributed by atoms with Crippen LogP contribution in [0.5, 0.6) is 0 Å². The number of nitrogens with one attached hydrogen (secondary N) is 1. The minimum atomic E-state index is 0.486. The van der Waals surface area contributed by atoms with Gasteiger partial charge in [0.15, 0.2) is 0 Å². The van der Waals surface area contributed by atoms with Crippen molar-refractivity contribution in [3.05, 3.63) is 21.3 Å². The second-order valence-electron chi connectivity index (χ2n) is 3.83. The van der Waals surface area contributed by atoms with Crippen LogP contribution in [0.1, 0.15) is 24.6 Å². The van der Waals surface area contributed by atoms with Crippen LogP contribution in [0.2, 0.25) is 4.34 Å². The molecule has 2 rings (SSSR count). The Hall–Kier alpha value is -0.0900. The highest BCUT2D eigenvalue weighted by molar-refractivity contribution is 7.16. The Morgan fingerprint density at radius 1 is 1.53 bits per heavy atom. The molecule has 0 unspecified atom stereocenters. The molecule has 15 heavy (non-hydrogen) atoms. The number of halogens is 1. The van der Waals surface area contributed by atoms with Crippen LogP contribution in [-0.2, 0) is 11.3 Å². The zero-order valence-corrected chi connectivity index (χ0v) is 10.4. The van der Waals surface area contributed by atoms with Crippen molar-refractivity contribution in [1.29, 1.82) is 0 Å². The summed E-state index contributed by atoms with van der Waals surface area (Å²) in [5, 5.41) is 3.51. The van der Waals surface area contributed by atoms with E-state index in [-0.39, 0.29) is 0 Å². The third-order valence-corrected chi connectivity index (χ3v) is 3.92. The van der Waals surface area contributed by atoms with E-state index in [4.69, 9.17) is 16.3 Å². The summed E-state index contributed by atoms with van der Waals surface area (Å²) in [6.07, 6.45) is 2.78. The molecule has 0 bridgehead atoms. The summed E-state index contributed by atoms with van der Waals surface area (Å²) in [6.45, 7) is 3.81. The second kappa shape index (κ2) is 5.30. The van der Waals surface area contributed by atoms with Crippen LogP contribution < -0.4 is 5.32 Å². The number of rotatable bonds is 5. The van der Waals surface area contributed by atoms with Crippen LogP contribution in [0.4, 0.5) is 0 Å². The Labute approximate surface area is 99.6 Å². The van der Waals surface area contributed by atoms with E-state index in [0.717, 1.165) is 30.3 Å². The minimum absolute atomic E-state index is 0.486. The molecule has 1 saturated carbocycles. The smallest absolute Gasteiger partial charge is 0.0931 e. The first-order chi connectivity index (χ1) is 7.28. The molecule has 84 valence electrons. The average molecular weight is 246 g/mol. The van der Waals surface area contributed by atoms with Crippen molar-refractivity contribution in [1.82, 2.24) is 5.32 Å². The molecule has 1 aromatic rings. The molecule has 1 aliphatic rings. The van der Waals surface area contributed by atoms with Crippen LogP contribution in [0.3, 0.4) is 0 Å². The maximum absolute atomic E-state index is 5.86. The minimum Gasteiger partial charge on any atom is -0.378 e. The summed E-state index contributed by atoms with van der Waals surface area (Å²) < 4.78 is 6.37. The molecule has 1 aliphatic carbocycles. The summed E-state index contributed by atoms with van der Waals surface area (Å²) >= 11 is 7.51. The highest BCUT2D eigenvalue weighted by atomic mass is 35.5. The standard InChI is InChI=1S/C11H16ClNOS/c1-2-14-9-5-8(6-9)13-7-10-3-4-11(12)15-10/h3-4,8-9,13H,2,5-7H2,1H3. The van der Waals surface area contributed by atoms with Crippen molar-refractivity contribution >= 4 is 22.9 Å². The summed E-state index contributed by atoms with van der Waals surface area (Å²) in [4.78, 5) is 1.31. The van der Waals surface area contributed by atoms with Gasteiger partial charge in [0.1, 0.15) is 0 Å². The van der Waals surface area contributed by atoms with Crippen molar-refractivity contribution < 1.29 is 4.74 Å². The van der Waals surface area contributed by atoms with E-state index < -0.39 is 0 Å². The molecule has 1 fully saturated rings. The van der Waals surface area contributed by atoms with Crippen LogP contribution in [0, 0.1) is 0 Å². The number of thiophene rings is 1. The lowest BCUT2D eigenvalue weighted by atomic mass is 9.89. The summed E-state index contributed by atoms with van der Waals surface area (Å²) in [7, 11) is 0. The lowest BCUT2D eigenvalue weighted by Crippen LogP contribution is -2.44. The van der Waals surface area contributed by atoms with Gasteiger partial charge in [0.2, 0.25) is 0 Å². The first-order valence-corrected chi connectivity index (χ1v) is 6.56. The van der Waals surface area contributed by atoms with Crippen molar-refractivity contribution in [3.8, 4) is 0 Å². The molecular formula is C11H16ClNOS. The Balaban J connectivity index is 1.64. The third kappa shape index (κ3) is 3.18. The summed E-state index contributed by atoms with van der Waals surface area (Å²) in [5.41, 5.74) is 0. The molecule has 1 heterocycles. The van der Waals surface area contributed by atoms with Crippen LogP contribution >= 0.6 is 22.9 Å². The summed E-state index contributed by atoms with van der Waals surface area (Å²) in [6, 6.07) is 4.66. The molecule has 0 amide bonds. The molecule has 0 aliphatic heterocycles. The second-order valence-corrected chi connectivity index (χ2v) is 5.63. The van der Waals surface area contributed by atoms with Gasteiger partial charge in [-0.2, -0.15) is 0 Å². The Morgan fingerprint density at radius 3 is 2.93 bits per heavy atom. The van der Waals surface area contributed by atoms with Crippen molar-refractivity contribution in [2.45, 2.75) is 38.5 Å². The fourth-order valence-electron chi connectivity index (χ4n) is 1.80. The number of hydrogen-bond acceptors (Lipinski definition) is 3. The zero-order valence-electron chi connectivity index (χ0n) is 8.83. The maximum Gasteiger partial charge on any atom is 0.0931 e. The molecule has 0 saturated heterocycles. The fourth-order valence-corrected chi connectivity index (χ4v) is 2.83. The normalized spacial score (nSPS) is 25.2. The molecular weight excluding hydrogens is 230 g/mol. The molecule has 1 aromatic heterocycles. The Morgan fingerprint density at radius 2 is 2.33 bits per heavy atom. The van der Waals surface area contributed by atoms with Gasteiger partial charge in [-0.15, -0.1) is 11.3 Å². The van der Waals surface area contributed by atoms with Crippen LogP contribution in [0.25, 0.3) is 0 Å². The molecule has 0 aromatic carbocycles. The van der Waals surface area contributed by atoms with Crippen molar-refractivity contribution in [2.24, 2.45) is 0 Å². The van der Waals surface area contributed by atoms with E-state index in [9.17, 15) is 0 Å². The Kier molecular flexibility index (Phi) is 4.03. The van der Waals surface area contributed by atoms with E-state index in [1.165, 1.54) is 4.88 Å². The largest absolute Gasteiger partial charge is 0.378 e. The lowest BCUT2D eigenvalue weighted by Gasteiger charge is -2.35. The Bertz CT molecular complexity index is 309. The topological polar surface area (TPSA) is 21.3 Å². The summed E-state index contributed by atoms with van der Waals surface area (Å²) in [5.74, 6) is 0. The van der Waals surface area contributed by atoms with E-state index in [2.05, 4.69) is 18.3 Å². The lowest BCUT2D eigenvalue weighted by molar-refractivity contribution is -0.0101. The quantitative estimate of drug-likeness (QED) is 0.861. The average Bonchev–Trinajstić information content (AvgIpc) is 2.55. The SMILES string of the molecule is CCOC1CC(NCc2ccc(Cl)s2)C1. The van der Waals surface area contributed by atoms with Gasteiger partial charge >= 0.3 is 0 Å². The van der Waals surface area contributed by atoms with E-state index in [1.807, 2.05) is 6.07 Å². The van der Waals surface area contributed by atoms with Gasteiger partial charge in [0, 0.05) is 24.1 Å². The van der Waals surface area contributed by atoms with Crippen LogP contribution in [0.15, 0.2) is 12.1 Å². The highest BCUT2D eigenvalue weighted by Crippen LogP contribution is 2.25. The maximum atomic E-state index is 5.86. The van der Waals surface area contributed by atoms with Gasteiger partial charge in [0.25, 0.3) is 0 Å². The van der Waals surface area contributed by atoms with Gasteiger partial charge in [-0.3, -0.25) is 0 Å². The zero-order chi connectivity index (χ0) is 10.7. The molecule has 2 nitrogen and oxygen atoms in total. The van der Waals surface area contributed by atoms with Crippen molar-refractivity contribution in [2.75, 3.05) is 6.61 Å². The van der Waals surface area contributed by atoms with Crippen molar-refractivity contribution in [3.63, 3.8) is 0 Å². The van der Waals surface area contributed by atoms with E-state index in [0.29, 0.717) is 12.1 Å². The molecule has 4 heteroatoms. The van der Waals surface area contributed by atoms with Crippen LogP contribution in [-0.4, -0.2) is 18.8 Å². The molecule has 0 atom stereocenters. The first kappa shape index (κ1) is 11.4. The monoisotopic (exact) mass is 245 g/mol. The van der Waals surface area contributed by atoms with Gasteiger partial charge in [-0.25, -0.2) is 0 Å². The number of hydrogen-bond donors (Lipinski definition) is 1. The number of ether oxygens (including phenoxy) is 1. The van der Waals surface area contributed by atoms with Gasteiger partial charge in [-0.1, -0.05) is 11.6 Å². The molecule has 0 spiro atoms. The predicted octanol–water partition coefficient (Wildman–Crippen LogP) is 3.06. The molecule has 1 N–H and O–H groups in total. The van der Waals surface area contributed by atoms with E-state index in [1.54, 1.807) is 11.3 Å². The van der Waals surface area contributed by atoms with Gasteiger partial charge < -0.3 is 10.1 Å². The third-order valence-electron chi connectivity index (χ3n) is 2.69. The van der Waals surface area contributed by atoms with Gasteiger partial charge in [0.05, 0.1) is 10.4 Å². The molecule has 0 radical (unpaired) electrons. The van der Waals surface area contributed by atoms with Gasteiger partial charge in [-0.05, 0) is 31.9 Å². The highest BCUT2D eigenvalue weighted by Gasteiger charge is 2.28. The predicted molar refractivity (Wildman–Crippen MR) is 64.6 cm³/mol. The van der Waals surface area contributed by atoms with E-state index >= 15 is 0 Å². The first-order valence-electron chi connectivity index (χ1n) is 5.37. The fraction of sp³-hybridized carbons (Fsp3) is 0.636.